The highest BCUT2D eigenvalue weighted by atomic mass is 16.7. The Morgan fingerprint density at radius 3 is 2.75 bits per heavy atom. The zero-order valence-electron chi connectivity index (χ0n) is 6.86. The van der Waals surface area contributed by atoms with E-state index in [2.05, 4.69) is 0 Å². The highest BCUT2D eigenvalue weighted by Crippen LogP contribution is 2.30. The monoisotopic (exact) mass is 168 g/mol. The van der Waals surface area contributed by atoms with E-state index in [1.807, 2.05) is 0 Å². The lowest BCUT2D eigenvalue weighted by Gasteiger charge is -2.24. The molecule has 1 fully saturated rings. The first-order chi connectivity index (χ1) is 5.86. The molecule has 0 aromatic heterocycles. The Morgan fingerprint density at radius 2 is 2.08 bits per heavy atom. The predicted molar refractivity (Wildman–Crippen MR) is 42.1 cm³/mol. The van der Waals surface area contributed by atoms with Crippen molar-refractivity contribution in [3.8, 4) is 0 Å². The number of cyclic esters (lactones) is 1. The van der Waals surface area contributed by atoms with Gasteiger partial charge in [0.25, 0.3) is 0 Å². The summed E-state index contributed by atoms with van der Waals surface area (Å²) < 4.78 is 10.2. The molecule has 0 spiro atoms. The van der Waals surface area contributed by atoms with Crippen molar-refractivity contribution in [2.75, 3.05) is 0 Å². The van der Waals surface area contributed by atoms with Crippen LogP contribution in [0.1, 0.15) is 25.7 Å². The maximum atomic E-state index is 10.8. The van der Waals surface area contributed by atoms with Gasteiger partial charge >= 0.3 is 5.97 Å². The van der Waals surface area contributed by atoms with Crippen LogP contribution in [-0.2, 0) is 14.3 Å². The van der Waals surface area contributed by atoms with Gasteiger partial charge in [-0.2, -0.15) is 0 Å². The average molecular weight is 168 g/mol. The first-order valence-electron chi connectivity index (χ1n) is 4.39. The van der Waals surface area contributed by atoms with E-state index >= 15 is 0 Å². The smallest absolute Gasteiger partial charge is 0.336 e. The number of hydrogen-bond donors (Lipinski definition) is 0. The Balaban J connectivity index is 1.95. The van der Waals surface area contributed by atoms with Gasteiger partial charge in [0.2, 0.25) is 6.29 Å². The van der Waals surface area contributed by atoms with Crippen molar-refractivity contribution in [1.82, 2.24) is 0 Å². The summed E-state index contributed by atoms with van der Waals surface area (Å²) in [4.78, 5) is 10.8. The number of ether oxygens (including phenoxy) is 2. The van der Waals surface area contributed by atoms with E-state index < -0.39 is 0 Å². The number of carbonyl (C=O) groups is 1. The van der Waals surface area contributed by atoms with Gasteiger partial charge in [0.05, 0.1) is 12.3 Å². The van der Waals surface area contributed by atoms with E-state index in [4.69, 9.17) is 9.47 Å². The SMILES string of the molecule is O=C1C=COC(C2CCCC2)O1. The third kappa shape index (κ3) is 1.44. The third-order valence-corrected chi connectivity index (χ3v) is 2.43. The quantitative estimate of drug-likeness (QED) is 0.558. The van der Waals surface area contributed by atoms with Crippen LogP contribution >= 0.6 is 0 Å². The van der Waals surface area contributed by atoms with Crippen LogP contribution in [-0.4, -0.2) is 12.3 Å². The molecule has 3 heteroatoms. The summed E-state index contributed by atoms with van der Waals surface area (Å²) in [6.45, 7) is 0. The molecule has 66 valence electrons. The maximum Gasteiger partial charge on any atom is 0.336 e. The molecule has 0 saturated heterocycles. The fourth-order valence-electron chi connectivity index (χ4n) is 1.79. The summed E-state index contributed by atoms with van der Waals surface area (Å²) >= 11 is 0. The molecule has 1 saturated carbocycles. The number of carbonyl (C=O) groups excluding carboxylic acids is 1. The molecule has 0 amide bonds. The predicted octanol–water partition coefficient (Wildman–Crippen LogP) is 1.59. The highest BCUT2D eigenvalue weighted by Gasteiger charge is 2.30. The van der Waals surface area contributed by atoms with Crippen LogP contribution in [0.25, 0.3) is 0 Å². The third-order valence-electron chi connectivity index (χ3n) is 2.43. The van der Waals surface area contributed by atoms with Gasteiger partial charge in [-0.15, -0.1) is 0 Å². The standard InChI is InChI=1S/C9H12O3/c10-8-5-6-11-9(12-8)7-3-1-2-4-7/h5-7,9H,1-4H2. The molecule has 0 aromatic carbocycles. The Bertz CT molecular complexity index is 204. The fourth-order valence-corrected chi connectivity index (χ4v) is 1.79. The van der Waals surface area contributed by atoms with Gasteiger partial charge in [-0.05, 0) is 12.8 Å². The second kappa shape index (κ2) is 3.17. The van der Waals surface area contributed by atoms with E-state index in [0.29, 0.717) is 5.92 Å². The molecule has 2 rings (SSSR count). The van der Waals surface area contributed by atoms with Crippen molar-refractivity contribution in [3.05, 3.63) is 12.3 Å². The van der Waals surface area contributed by atoms with Gasteiger partial charge in [0.15, 0.2) is 0 Å². The zero-order chi connectivity index (χ0) is 8.39. The molecule has 0 aromatic rings. The van der Waals surface area contributed by atoms with Crippen LogP contribution < -0.4 is 0 Å². The molecule has 1 aliphatic carbocycles. The van der Waals surface area contributed by atoms with Gasteiger partial charge in [0, 0.05) is 5.92 Å². The second-order valence-electron chi connectivity index (χ2n) is 3.29. The Hall–Kier alpha value is -0.990. The van der Waals surface area contributed by atoms with Crippen LogP contribution in [0.3, 0.4) is 0 Å². The Kier molecular flexibility index (Phi) is 2.02. The fraction of sp³-hybridized carbons (Fsp3) is 0.667. The summed E-state index contributed by atoms with van der Waals surface area (Å²) in [5.74, 6) is 0.136. The van der Waals surface area contributed by atoms with Gasteiger partial charge in [0.1, 0.15) is 0 Å². The van der Waals surface area contributed by atoms with Gasteiger partial charge in [-0.1, -0.05) is 12.8 Å². The van der Waals surface area contributed by atoms with Crippen LogP contribution in [0.5, 0.6) is 0 Å². The summed E-state index contributed by atoms with van der Waals surface area (Å²) in [5, 5.41) is 0. The lowest BCUT2D eigenvalue weighted by Crippen LogP contribution is -2.28. The molecule has 0 radical (unpaired) electrons. The van der Waals surface area contributed by atoms with Gasteiger partial charge in [-0.3, -0.25) is 0 Å². The minimum atomic E-state index is -0.315. The van der Waals surface area contributed by atoms with Crippen LogP contribution in [0.2, 0.25) is 0 Å². The average Bonchev–Trinajstić information content (AvgIpc) is 2.56. The van der Waals surface area contributed by atoms with E-state index in [9.17, 15) is 4.79 Å². The Morgan fingerprint density at radius 1 is 1.33 bits per heavy atom. The summed E-state index contributed by atoms with van der Waals surface area (Å²) in [5.41, 5.74) is 0. The lowest BCUT2D eigenvalue weighted by molar-refractivity contribution is -0.178. The first kappa shape index (κ1) is 7.65. The van der Waals surface area contributed by atoms with Crippen molar-refractivity contribution in [2.45, 2.75) is 32.0 Å². The van der Waals surface area contributed by atoms with Crippen molar-refractivity contribution < 1.29 is 14.3 Å². The van der Waals surface area contributed by atoms with Crippen LogP contribution in [0.15, 0.2) is 12.3 Å². The summed E-state index contributed by atoms with van der Waals surface area (Å²) in [7, 11) is 0. The molecule has 1 heterocycles. The minimum Gasteiger partial charge on any atom is -0.462 e. The molecule has 0 N–H and O–H groups in total. The van der Waals surface area contributed by atoms with Crippen molar-refractivity contribution >= 4 is 5.97 Å². The van der Waals surface area contributed by atoms with Crippen LogP contribution in [0, 0.1) is 5.92 Å². The molecule has 1 unspecified atom stereocenters. The first-order valence-corrected chi connectivity index (χ1v) is 4.39. The van der Waals surface area contributed by atoms with E-state index in [1.165, 1.54) is 25.2 Å². The Labute approximate surface area is 71.3 Å². The minimum absolute atomic E-state index is 0.279. The van der Waals surface area contributed by atoms with E-state index in [0.717, 1.165) is 12.8 Å². The molecule has 1 aliphatic heterocycles. The summed E-state index contributed by atoms with van der Waals surface area (Å²) in [6, 6.07) is 0. The topological polar surface area (TPSA) is 35.5 Å². The highest BCUT2D eigenvalue weighted by molar-refractivity contribution is 5.82. The number of hydrogen-bond acceptors (Lipinski definition) is 3. The summed E-state index contributed by atoms with van der Waals surface area (Å²) in [6.07, 6.45) is 7.13. The van der Waals surface area contributed by atoms with Gasteiger partial charge in [-0.25, -0.2) is 4.79 Å². The van der Waals surface area contributed by atoms with Crippen molar-refractivity contribution in [2.24, 2.45) is 5.92 Å². The molecule has 3 nitrogen and oxygen atoms in total. The van der Waals surface area contributed by atoms with Crippen LogP contribution in [0.4, 0.5) is 0 Å². The second-order valence-corrected chi connectivity index (χ2v) is 3.29. The lowest BCUT2D eigenvalue weighted by atomic mass is 10.1. The molecule has 0 bridgehead atoms. The van der Waals surface area contributed by atoms with Crippen molar-refractivity contribution in [1.29, 1.82) is 0 Å². The number of esters is 1. The molecule has 1 atom stereocenters. The normalized spacial score (nSPS) is 30.0. The van der Waals surface area contributed by atoms with Crippen molar-refractivity contribution in [3.63, 3.8) is 0 Å². The zero-order valence-corrected chi connectivity index (χ0v) is 6.86. The number of rotatable bonds is 1. The van der Waals surface area contributed by atoms with E-state index in [1.54, 1.807) is 0 Å². The maximum absolute atomic E-state index is 10.8. The van der Waals surface area contributed by atoms with E-state index in [-0.39, 0.29) is 12.3 Å². The molecule has 2 aliphatic rings. The van der Waals surface area contributed by atoms with Gasteiger partial charge < -0.3 is 9.47 Å². The molecular weight excluding hydrogens is 156 g/mol. The largest absolute Gasteiger partial charge is 0.462 e. The molecular formula is C9H12O3. The molecule has 12 heavy (non-hydrogen) atoms.